The molecule has 0 bridgehead atoms. The zero-order chi connectivity index (χ0) is 22.2. The molecule has 1 N–H and O–H groups in total. The van der Waals surface area contributed by atoms with Gasteiger partial charge in [0.25, 0.3) is 11.7 Å². The van der Waals surface area contributed by atoms with Crippen molar-refractivity contribution in [3.63, 3.8) is 0 Å². The number of likely N-dealkylation sites (tertiary alicyclic amines) is 1. The first-order valence-electron chi connectivity index (χ1n) is 10.1. The number of halogens is 2. The molecule has 1 aliphatic heterocycles. The van der Waals surface area contributed by atoms with E-state index in [1.165, 1.54) is 17.1 Å². The Bertz CT molecular complexity index is 1300. The fraction of sp³-hybridized carbons (Fsp3) is 0.227. The van der Waals surface area contributed by atoms with Crippen molar-refractivity contribution in [1.82, 2.24) is 29.9 Å². The molecular formula is C22H18ClFN6O2. The van der Waals surface area contributed by atoms with E-state index in [1.54, 1.807) is 11.1 Å². The van der Waals surface area contributed by atoms with E-state index in [9.17, 15) is 14.0 Å². The Morgan fingerprint density at radius 2 is 2.03 bits per heavy atom. The first-order chi connectivity index (χ1) is 15.5. The number of hydrogen-bond acceptors (Lipinski definition) is 5. The fourth-order valence-electron chi connectivity index (χ4n) is 4.20. The molecule has 32 heavy (non-hydrogen) atoms. The predicted octanol–water partition coefficient (Wildman–Crippen LogP) is 3.53. The second kappa shape index (κ2) is 8.16. The molecule has 0 spiro atoms. The fourth-order valence-corrected chi connectivity index (χ4v) is 4.32. The maximum absolute atomic E-state index is 14.7. The maximum Gasteiger partial charge on any atom is 0.295 e. The average Bonchev–Trinajstić information content (AvgIpc) is 3.50. The van der Waals surface area contributed by atoms with Crippen LogP contribution in [-0.4, -0.2) is 54.6 Å². The summed E-state index contributed by atoms with van der Waals surface area (Å²) >= 11 is 5.98. The molecule has 8 nitrogen and oxygen atoms in total. The van der Waals surface area contributed by atoms with Gasteiger partial charge in [-0.3, -0.25) is 9.59 Å². The molecule has 10 heteroatoms. The number of rotatable bonds is 4. The average molecular weight is 453 g/mol. The summed E-state index contributed by atoms with van der Waals surface area (Å²) in [6.07, 6.45) is 7.05. The molecule has 1 unspecified atom stereocenters. The summed E-state index contributed by atoms with van der Waals surface area (Å²) in [4.78, 5) is 34.6. The van der Waals surface area contributed by atoms with Crippen molar-refractivity contribution in [2.24, 2.45) is 0 Å². The third-order valence-corrected chi connectivity index (χ3v) is 6.02. The van der Waals surface area contributed by atoms with Gasteiger partial charge in [-0.25, -0.2) is 14.1 Å². The third-order valence-electron chi connectivity index (χ3n) is 5.77. The largest absolute Gasteiger partial charge is 0.357 e. The highest BCUT2D eigenvalue weighted by Crippen LogP contribution is 2.30. The number of pyridine rings is 1. The molecule has 0 aliphatic carbocycles. The van der Waals surface area contributed by atoms with Crippen LogP contribution in [-0.2, 0) is 4.79 Å². The number of H-pyrrole nitrogens is 1. The number of aromatic nitrogens is 5. The highest BCUT2D eigenvalue weighted by atomic mass is 35.5. The monoisotopic (exact) mass is 452 g/mol. The summed E-state index contributed by atoms with van der Waals surface area (Å²) < 4.78 is 16.0. The van der Waals surface area contributed by atoms with Gasteiger partial charge < -0.3 is 9.88 Å². The van der Waals surface area contributed by atoms with Gasteiger partial charge in [0.15, 0.2) is 11.6 Å². The number of amides is 1. The van der Waals surface area contributed by atoms with Crippen LogP contribution < -0.4 is 0 Å². The van der Waals surface area contributed by atoms with Crippen LogP contribution in [0.5, 0.6) is 0 Å². The minimum absolute atomic E-state index is 0.00936. The Balaban J connectivity index is 1.43. The van der Waals surface area contributed by atoms with Crippen LogP contribution in [0.2, 0.25) is 5.02 Å². The number of carbonyl (C=O) groups is 2. The van der Waals surface area contributed by atoms with E-state index < -0.39 is 17.5 Å². The number of ketones is 1. The lowest BCUT2D eigenvalue weighted by Crippen LogP contribution is -2.42. The van der Waals surface area contributed by atoms with E-state index in [4.69, 9.17) is 11.6 Å². The van der Waals surface area contributed by atoms with E-state index >= 15 is 0 Å². The molecule has 5 rings (SSSR count). The lowest BCUT2D eigenvalue weighted by atomic mass is 9.90. The highest BCUT2D eigenvalue weighted by molar-refractivity contribution is 6.45. The summed E-state index contributed by atoms with van der Waals surface area (Å²) in [5, 5.41) is 8.25. The summed E-state index contributed by atoms with van der Waals surface area (Å²) in [5.74, 6) is -1.71. The Labute approximate surface area is 187 Å². The van der Waals surface area contributed by atoms with Crippen molar-refractivity contribution in [1.29, 1.82) is 0 Å². The van der Waals surface area contributed by atoms with Gasteiger partial charge in [-0.05, 0) is 30.5 Å². The van der Waals surface area contributed by atoms with Gasteiger partial charge in [0, 0.05) is 30.2 Å². The van der Waals surface area contributed by atoms with Crippen LogP contribution in [0.1, 0.15) is 34.7 Å². The van der Waals surface area contributed by atoms with Crippen molar-refractivity contribution >= 4 is 34.2 Å². The molecule has 1 aromatic carbocycles. The smallest absolute Gasteiger partial charge is 0.295 e. The number of benzene rings is 1. The number of fused-ring (bicyclic) bond motifs is 1. The summed E-state index contributed by atoms with van der Waals surface area (Å²) in [7, 11) is 0. The van der Waals surface area contributed by atoms with Crippen molar-refractivity contribution in [2.75, 3.05) is 13.1 Å². The van der Waals surface area contributed by atoms with Gasteiger partial charge in [0.05, 0.1) is 35.1 Å². The number of Topliss-reactive ketones (excluding diaryl/α,β-unsaturated/α-hetero) is 1. The van der Waals surface area contributed by atoms with Gasteiger partial charge >= 0.3 is 0 Å². The van der Waals surface area contributed by atoms with E-state index in [0.717, 1.165) is 24.6 Å². The quantitative estimate of drug-likeness (QED) is 0.377. The maximum atomic E-state index is 14.7. The molecule has 162 valence electrons. The standard InChI is InChI=1S/C22H18ClFN6O2/c23-15-5-3-13(4-6-15)14-2-1-8-29(12-14)22(32)20(31)16-10-25-19-18(16)17(24)11-26-21(19)30-9-7-27-28-30/h3-7,9-11,14,25H,1-2,8,12H2. The lowest BCUT2D eigenvalue weighted by molar-refractivity contribution is -0.127. The van der Waals surface area contributed by atoms with Gasteiger partial charge in [-0.2, -0.15) is 0 Å². The Morgan fingerprint density at radius 3 is 2.78 bits per heavy atom. The Hall–Kier alpha value is -3.59. The molecule has 1 atom stereocenters. The molecule has 1 fully saturated rings. The molecule has 3 aromatic heterocycles. The molecule has 0 saturated carbocycles. The minimum Gasteiger partial charge on any atom is -0.357 e. The summed E-state index contributed by atoms with van der Waals surface area (Å²) in [6, 6.07) is 7.52. The summed E-state index contributed by atoms with van der Waals surface area (Å²) in [5.41, 5.74) is 1.31. The topological polar surface area (TPSA) is 96.8 Å². The van der Waals surface area contributed by atoms with Gasteiger partial charge in [-0.15, -0.1) is 5.10 Å². The molecular weight excluding hydrogens is 435 g/mol. The van der Waals surface area contributed by atoms with Crippen molar-refractivity contribution in [3.05, 3.63) is 71.0 Å². The van der Waals surface area contributed by atoms with E-state index in [1.807, 2.05) is 24.3 Å². The normalized spacial score (nSPS) is 16.4. The lowest BCUT2D eigenvalue weighted by Gasteiger charge is -2.32. The van der Waals surface area contributed by atoms with Crippen molar-refractivity contribution in [2.45, 2.75) is 18.8 Å². The first-order valence-corrected chi connectivity index (χ1v) is 10.5. The number of hydrogen-bond donors (Lipinski definition) is 1. The molecule has 1 saturated heterocycles. The van der Waals surface area contributed by atoms with Crippen LogP contribution in [0.4, 0.5) is 4.39 Å². The van der Waals surface area contributed by atoms with Crippen molar-refractivity contribution in [3.8, 4) is 5.82 Å². The van der Waals surface area contributed by atoms with Crippen LogP contribution >= 0.6 is 11.6 Å². The Morgan fingerprint density at radius 1 is 1.22 bits per heavy atom. The number of nitrogens with zero attached hydrogens (tertiary/aromatic N) is 5. The number of aromatic amines is 1. The predicted molar refractivity (Wildman–Crippen MR) is 115 cm³/mol. The van der Waals surface area contributed by atoms with Gasteiger partial charge in [0.2, 0.25) is 0 Å². The van der Waals surface area contributed by atoms with E-state index in [-0.39, 0.29) is 28.2 Å². The molecule has 1 amide bonds. The third kappa shape index (κ3) is 3.54. The van der Waals surface area contributed by atoms with E-state index in [0.29, 0.717) is 18.1 Å². The zero-order valence-electron chi connectivity index (χ0n) is 16.8. The first kappa shape index (κ1) is 20.3. The summed E-state index contributed by atoms with van der Waals surface area (Å²) in [6.45, 7) is 0.897. The second-order valence-corrected chi connectivity index (χ2v) is 8.14. The van der Waals surface area contributed by atoms with Gasteiger partial charge in [0.1, 0.15) is 0 Å². The van der Waals surface area contributed by atoms with Crippen LogP contribution in [0.15, 0.2) is 49.1 Å². The molecule has 4 aromatic rings. The molecule has 1 aliphatic rings. The van der Waals surface area contributed by atoms with Gasteiger partial charge in [-0.1, -0.05) is 28.9 Å². The highest BCUT2D eigenvalue weighted by Gasteiger charge is 2.31. The van der Waals surface area contributed by atoms with Crippen LogP contribution in [0.25, 0.3) is 16.7 Å². The Kier molecular flexibility index (Phi) is 5.18. The number of nitrogens with one attached hydrogen (secondary N) is 1. The van der Waals surface area contributed by atoms with Crippen LogP contribution in [0, 0.1) is 5.82 Å². The van der Waals surface area contributed by atoms with Crippen LogP contribution in [0.3, 0.4) is 0 Å². The second-order valence-electron chi connectivity index (χ2n) is 7.70. The number of carbonyl (C=O) groups excluding carboxylic acids is 2. The molecule has 4 heterocycles. The van der Waals surface area contributed by atoms with Crippen molar-refractivity contribution < 1.29 is 14.0 Å². The SMILES string of the molecule is O=C(C(=O)N1CCCC(c2ccc(Cl)cc2)C1)c1c[nH]c2c(-n3ccnn3)ncc(F)c12. The zero-order valence-corrected chi connectivity index (χ0v) is 17.6. The number of piperidine rings is 1. The molecule has 0 radical (unpaired) electrons. The van der Waals surface area contributed by atoms with E-state index in [2.05, 4.69) is 20.3 Å². The minimum atomic E-state index is -0.761.